The predicted octanol–water partition coefficient (Wildman–Crippen LogP) is 4.14. The first-order chi connectivity index (χ1) is 8.20. The molecule has 84 valence electrons. The van der Waals surface area contributed by atoms with Crippen molar-refractivity contribution in [1.82, 2.24) is 0 Å². The SMILES string of the molecule is N#Cc1cccc(F)c1Oc1ccc(Cl)cc1. The molecule has 0 aromatic heterocycles. The summed E-state index contributed by atoms with van der Waals surface area (Å²) in [6, 6.07) is 12.5. The molecule has 0 N–H and O–H groups in total. The summed E-state index contributed by atoms with van der Waals surface area (Å²) in [6.45, 7) is 0. The summed E-state index contributed by atoms with van der Waals surface area (Å²) in [5.74, 6) is -0.215. The fraction of sp³-hybridized carbons (Fsp3) is 0. The van der Waals surface area contributed by atoms with Crippen molar-refractivity contribution >= 4 is 11.6 Å². The van der Waals surface area contributed by atoms with Crippen LogP contribution in [0.25, 0.3) is 0 Å². The first-order valence-electron chi connectivity index (χ1n) is 4.83. The van der Waals surface area contributed by atoms with E-state index in [4.69, 9.17) is 21.6 Å². The summed E-state index contributed by atoms with van der Waals surface area (Å²) < 4.78 is 18.8. The van der Waals surface area contributed by atoms with Crippen LogP contribution in [0.4, 0.5) is 4.39 Å². The molecule has 17 heavy (non-hydrogen) atoms. The van der Waals surface area contributed by atoms with Crippen molar-refractivity contribution in [3.05, 3.63) is 58.9 Å². The van der Waals surface area contributed by atoms with Gasteiger partial charge in [0, 0.05) is 5.02 Å². The highest BCUT2D eigenvalue weighted by Gasteiger charge is 2.10. The molecule has 0 aliphatic heterocycles. The molecule has 0 amide bonds. The zero-order valence-electron chi connectivity index (χ0n) is 8.65. The van der Waals surface area contributed by atoms with E-state index in [-0.39, 0.29) is 11.3 Å². The van der Waals surface area contributed by atoms with Gasteiger partial charge in [-0.3, -0.25) is 0 Å². The second kappa shape index (κ2) is 4.86. The van der Waals surface area contributed by atoms with Crippen molar-refractivity contribution in [2.45, 2.75) is 0 Å². The molecule has 0 aliphatic carbocycles. The quantitative estimate of drug-likeness (QED) is 0.799. The summed E-state index contributed by atoms with van der Waals surface area (Å²) >= 11 is 5.72. The number of nitrogens with zero attached hydrogens (tertiary/aromatic N) is 1. The molecule has 0 saturated carbocycles. The predicted molar refractivity (Wildman–Crippen MR) is 62.6 cm³/mol. The Kier molecular flexibility index (Phi) is 3.27. The average Bonchev–Trinajstić information content (AvgIpc) is 2.34. The lowest BCUT2D eigenvalue weighted by Gasteiger charge is -2.08. The highest BCUT2D eigenvalue weighted by atomic mass is 35.5. The maximum Gasteiger partial charge on any atom is 0.180 e. The van der Waals surface area contributed by atoms with E-state index in [1.165, 1.54) is 18.2 Å². The molecule has 2 aromatic carbocycles. The van der Waals surface area contributed by atoms with Crippen LogP contribution in [0, 0.1) is 17.1 Å². The molecular weight excluding hydrogens is 241 g/mol. The summed E-state index contributed by atoms with van der Waals surface area (Å²) in [5.41, 5.74) is 0.153. The molecule has 0 bridgehead atoms. The van der Waals surface area contributed by atoms with Gasteiger partial charge in [-0.05, 0) is 36.4 Å². The second-order valence-corrected chi connectivity index (χ2v) is 3.72. The van der Waals surface area contributed by atoms with Crippen LogP contribution in [0.3, 0.4) is 0 Å². The Bertz CT molecular complexity index is 575. The number of halogens is 2. The lowest BCUT2D eigenvalue weighted by atomic mass is 10.2. The summed E-state index contributed by atoms with van der Waals surface area (Å²) in [6.07, 6.45) is 0. The van der Waals surface area contributed by atoms with Gasteiger partial charge in [0.25, 0.3) is 0 Å². The third-order valence-corrected chi connectivity index (χ3v) is 2.37. The van der Waals surface area contributed by atoms with E-state index in [0.717, 1.165) is 0 Å². The van der Waals surface area contributed by atoms with Crippen LogP contribution in [-0.4, -0.2) is 0 Å². The number of benzene rings is 2. The largest absolute Gasteiger partial charge is 0.453 e. The van der Waals surface area contributed by atoms with Crippen molar-refractivity contribution in [2.75, 3.05) is 0 Å². The van der Waals surface area contributed by atoms with Gasteiger partial charge < -0.3 is 4.74 Å². The van der Waals surface area contributed by atoms with E-state index in [1.807, 2.05) is 6.07 Å². The maximum absolute atomic E-state index is 13.5. The topological polar surface area (TPSA) is 33.0 Å². The van der Waals surface area contributed by atoms with Gasteiger partial charge in [0.2, 0.25) is 0 Å². The smallest absolute Gasteiger partial charge is 0.180 e. The molecule has 0 spiro atoms. The van der Waals surface area contributed by atoms with Crippen LogP contribution in [0.5, 0.6) is 11.5 Å². The third kappa shape index (κ3) is 2.55. The second-order valence-electron chi connectivity index (χ2n) is 3.28. The minimum Gasteiger partial charge on any atom is -0.453 e. The molecule has 0 fully saturated rings. The van der Waals surface area contributed by atoms with Gasteiger partial charge in [0.15, 0.2) is 11.6 Å². The van der Waals surface area contributed by atoms with Gasteiger partial charge in [-0.1, -0.05) is 17.7 Å². The van der Waals surface area contributed by atoms with Crippen LogP contribution in [0.1, 0.15) is 5.56 Å². The van der Waals surface area contributed by atoms with E-state index in [0.29, 0.717) is 10.8 Å². The lowest BCUT2D eigenvalue weighted by Crippen LogP contribution is -1.91. The molecule has 0 heterocycles. The highest BCUT2D eigenvalue weighted by molar-refractivity contribution is 6.30. The van der Waals surface area contributed by atoms with Crippen molar-refractivity contribution < 1.29 is 9.13 Å². The summed E-state index contributed by atoms with van der Waals surface area (Å²) in [7, 11) is 0. The Morgan fingerprint density at radius 1 is 1.12 bits per heavy atom. The lowest BCUT2D eigenvalue weighted by molar-refractivity contribution is 0.441. The van der Waals surface area contributed by atoms with E-state index in [2.05, 4.69) is 0 Å². The van der Waals surface area contributed by atoms with Crippen molar-refractivity contribution in [3.8, 4) is 17.6 Å². The van der Waals surface area contributed by atoms with Gasteiger partial charge >= 0.3 is 0 Å². The van der Waals surface area contributed by atoms with Gasteiger partial charge in [-0.15, -0.1) is 0 Å². The first kappa shape index (κ1) is 11.4. The Morgan fingerprint density at radius 2 is 1.82 bits per heavy atom. The van der Waals surface area contributed by atoms with E-state index >= 15 is 0 Å². The monoisotopic (exact) mass is 247 g/mol. The number of nitriles is 1. The number of hydrogen-bond acceptors (Lipinski definition) is 2. The zero-order chi connectivity index (χ0) is 12.3. The molecule has 2 nitrogen and oxygen atoms in total. The van der Waals surface area contributed by atoms with Crippen LogP contribution >= 0.6 is 11.6 Å². The molecule has 0 radical (unpaired) electrons. The molecule has 2 aromatic rings. The zero-order valence-corrected chi connectivity index (χ0v) is 9.41. The maximum atomic E-state index is 13.5. The van der Waals surface area contributed by atoms with Crippen LogP contribution in [0.2, 0.25) is 5.02 Å². The van der Waals surface area contributed by atoms with E-state index in [1.54, 1.807) is 24.3 Å². The summed E-state index contributed by atoms with van der Waals surface area (Å²) in [5, 5.41) is 9.41. The Balaban J connectivity index is 2.36. The minimum atomic E-state index is -0.570. The first-order valence-corrected chi connectivity index (χ1v) is 5.20. The van der Waals surface area contributed by atoms with Crippen LogP contribution in [0.15, 0.2) is 42.5 Å². The van der Waals surface area contributed by atoms with Crippen molar-refractivity contribution in [3.63, 3.8) is 0 Å². The summed E-state index contributed by atoms with van der Waals surface area (Å²) in [4.78, 5) is 0. The molecule has 0 aliphatic rings. The Hall–Kier alpha value is -2.05. The van der Waals surface area contributed by atoms with E-state index < -0.39 is 5.82 Å². The number of para-hydroxylation sites is 1. The standard InChI is InChI=1S/C13H7ClFNO/c14-10-4-6-11(7-5-10)17-13-9(8-16)2-1-3-12(13)15/h1-7H. The van der Waals surface area contributed by atoms with Gasteiger partial charge in [-0.2, -0.15) is 5.26 Å². The van der Waals surface area contributed by atoms with Crippen molar-refractivity contribution in [2.24, 2.45) is 0 Å². The molecular formula is C13H7ClFNO. The average molecular weight is 248 g/mol. The van der Waals surface area contributed by atoms with Crippen LogP contribution in [-0.2, 0) is 0 Å². The number of ether oxygens (including phenoxy) is 1. The molecule has 0 unspecified atom stereocenters. The third-order valence-electron chi connectivity index (χ3n) is 2.12. The highest BCUT2D eigenvalue weighted by Crippen LogP contribution is 2.28. The minimum absolute atomic E-state index is 0.0719. The Morgan fingerprint density at radius 3 is 2.47 bits per heavy atom. The van der Waals surface area contributed by atoms with Gasteiger partial charge in [0.05, 0.1) is 5.56 Å². The number of rotatable bonds is 2. The Labute approximate surface area is 103 Å². The van der Waals surface area contributed by atoms with Gasteiger partial charge in [0.1, 0.15) is 11.8 Å². The molecule has 4 heteroatoms. The fourth-order valence-corrected chi connectivity index (χ4v) is 1.45. The normalized spacial score (nSPS) is 9.71. The van der Waals surface area contributed by atoms with Crippen LogP contribution < -0.4 is 4.74 Å². The molecule has 0 atom stereocenters. The fourth-order valence-electron chi connectivity index (χ4n) is 1.32. The number of hydrogen-bond donors (Lipinski definition) is 0. The van der Waals surface area contributed by atoms with E-state index in [9.17, 15) is 4.39 Å². The molecule has 0 saturated heterocycles. The van der Waals surface area contributed by atoms with Crippen molar-refractivity contribution in [1.29, 1.82) is 5.26 Å². The molecule has 2 rings (SSSR count). The van der Waals surface area contributed by atoms with Gasteiger partial charge in [-0.25, -0.2) is 4.39 Å².